The van der Waals surface area contributed by atoms with Gasteiger partial charge in [-0.15, -0.1) is 10.2 Å². The van der Waals surface area contributed by atoms with Gasteiger partial charge < -0.3 is 25.4 Å². The Morgan fingerprint density at radius 1 is 0.808 bits per heavy atom. The monoisotopic (exact) mass is 780 g/mol. The molecule has 0 aliphatic rings. The normalized spacial score (nSPS) is 12.7. The number of benzene rings is 4. The van der Waals surface area contributed by atoms with Crippen LogP contribution in [0.1, 0.15) is 12.5 Å². The first-order valence-electron chi connectivity index (χ1n) is 14.7. The third-order valence-electron chi connectivity index (χ3n) is 7.21. The van der Waals surface area contributed by atoms with Crippen molar-refractivity contribution in [3.8, 4) is 11.5 Å². The summed E-state index contributed by atoms with van der Waals surface area (Å²) < 4.78 is 100. The average Bonchev–Trinajstić information content (AvgIpc) is 3.06. The van der Waals surface area contributed by atoms with Gasteiger partial charge in [-0.1, -0.05) is 0 Å². The van der Waals surface area contributed by atoms with Gasteiger partial charge in [0.1, 0.15) is 22.0 Å². The summed E-state index contributed by atoms with van der Waals surface area (Å²) in [6.07, 6.45) is 0. The lowest BCUT2D eigenvalue weighted by molar-refractivity contribution is -0.114. The molecular formula is C30H32N6O13S3. The Hall–Kier alpha value is -4.94. The van der Waals surface area contributed by atoms with E-state index in [1.807, 2.05) is 0 Å². The minimum atomic E-state index is -5.15. The molecule has 0 saturated carbocycles. The van der Waals surface area contributed by atoms with E-state index in [4.69, 9.17) is 4.74 Å². The zero-order valence-electron chi connectivity index (χ0n) is 27.5. The molecule has 4 rings (SSSR count). The fourth-order valence-corrected chi connectivity index (χ4v) is 7.45. The number of methoxy groups -OCH3 is 1. The molecule has 1 amide bonds. The number of ether oxygens (including phenoxy) is 1. The van der Waals surface area contributed by atoms with E-state index >= 15 is 0 Å². The molecule has 0 unspecified atom stereocenters. The highest BCUT2D eigenvalue weighted by molar-refractivity contribution is 7.89. The lowest BCUT2D eigenvalue weighted by Crippen LogP contribution is -2.35. The topological polar surface area (TPSA) is 295 Å². The minimum Gasteiger partial charge on any atom is -0.505 e. The SMILES string of the molecule is COc1cc(N=Nc2ccc(S(=O)(=O)N(CCO)CCO)cc2)c(C)cc1N=Nc1c(S(=O)(=O)O)cc2cc(S(=O)(=O)O)cc(NC(C)=O)c2c1O. The van der Waals surface area contributed by atoms with Crippen LogP contribution in [0.25, 0.3) is 10.8 Å². The summed E-state index contributed by atoms with van der Waals surface area (Å²) in [6.45, 7) is 1.42. The fraction of sp³-hybridized carbons (Fsp3) is 0.233. The van der Waals surface area contributed by atoms with E-state index in [9.17, 15) is 54.5 Å². The number of amides is 1. The number of carbonyl (C=O) groups excluding carboxylic acids is 1. The average molecular weight is 781 g/mol. The largest absolute Gasteiger partial charge is 0.505 e. The summed E-state index contributed by atoms with van der Waals surface area (Å²) >= 11 is 0. The van der Waals surface area contributed by atoms with Gasteiger partial charge >= 0.3 is 0 Å². The molecule has 0 aliphatic heterocycles. The number of fused-ring (bicyclic) bond motifs is 1. The number of azo groups is 2. The van der Waals surface area contributed by atoms with Gasteiger partial charge in [0.05, 0.1) is 47.2 Å². The van der Waals surface area contributed by atoms with Gasteiger partial charge in [0.15, 0.2) is 5.75 Å². The number of aliphatic hydroxyl groups is 2. The molecule has 0 radical (unpaired) electrons. The van der Waals surface area contributed by atoms with Crippen LogP contribution in [0.5, 0.6) is 11.5 Å². The van der Waals surface area contributed by atoms with Crippen molar-refractivity contribution < 1.29 is 59.2 Å². The van der Waals surface area contributed by atoms with Crippen LogP contribution in [-0.4, -0.2) is 93.3 Å². The van der Waals surface area contributed by atoms with Gasteiger partial charge in [0.2, 0.25) is 15.9 Å². The Bertz CT molecular complexity index is 2410. The molecule has 0 saturated heterocycles. The summed E-state index contributed by atoms with van der Waals surface area (Å²) in [4.78, 5) is 10.0. The van der Waals surface area contributed by atoms with Crippen LogP contribution >= 0.6 is 0 Å². The van der Waals surface area contributed by atoms with Gasteiger partial charge in [0, 0.05) is 31.5 Å². The van der Waals surface area contributed by atoms with Crippen LogP contribution in [0.2, 0.25) is 0 Å². The summed E-state index contributed by atoms with van der Waals surface area (Å²) in [5.74, 6) is -1.59. The Morgan fingerprint density at radius 2 is 1.42 bits per heavy atom. The van der Waals surface area contributed by atoms with Crippen molar-refractivity contribution in [1.29, 1.82) is 0 Å². The number of sulfonamides is 1. The second kappa shape index (κ2) is 15.7. The van der Waals surface area contributed by atoms with E-state index in [0.29, 0.717) is 5.56 Å². The molecule has 0 atom stereocenters. The number of hydrogen-bond acceptors (Lipinski definition) is 15. The van der Waals surface area contributed by atoms with E-state index < -0.39 is 70.6 Å². The number of hydrogen-bond donors (Lipinski definition) is 6. The van der Waals surface area contributed by atoms with Crippen molar-refractivity contribution in [2.75, 3.05) is 38.7 Å². The van der Waals surface area contributed by atoms with Crippen LogP contribution in [-0.2, 0) is 35.1 Å². The van der Waals surface area contributed by atoms with Crippen molar-refractivity contribution in [2.24, 2.45) is 20.5 Å². The molecule has 22 heteroatoms. The van der Waals surface area contributed by atoms with Crippen molar-refractivity contribution in [3.63, 3.8) is 0 Å². The molecule has 4 aromatic rings. The highest BCUT2D eigenvalue weighted by atomic mass is 32.2. The first-order valence-corrected chi connectivity index (χ1v) is 19.0. The first-order chi connectivity index (χ1) is 24.3. The van der Waals surface area contributed by atoms with Crippen molar-refractivity contribution in [2.45, 2.75) is 28.5 Å². The number of nitrogens with zero attached hydrogens (tertiary/aromatic N) is 5. The number of rotatable bonds is 14. The van der Waals surface area contributed by atoms with Crippen LogP contribution in [0.3, 0.4) is 0 Å². The Kier molecular flexibility index (Phi) is 12.1. The Morgan fingerprint density at radius 3 is 1.96 bits per heavy atom. The Labute approximate surface area is 297 Å². The zero-order valence-corrected chi connectivity index (χ0v) is 29.9. The van der Waals surface area contributed by atoms with Gasteiger partial charge in [-0.25, -0.2) is 8.42 Å². The third-order valence-corrected chi connectivity index (χ3v) is 10.8. The number of phenols is 1. The molecule has 4 aromatic carbocycles. The number of aryl methyl sites for hydroxylation is 1. The smallest absolute Gasteiger partial charge is 0.296 e. The van der Waals surface area contributed by atoms with Gasteiger partial charge in [0.25, 0.3) is 20.2 Å². The number of nitrogens with one attached hydrogen (secondary N) is 1. The van der Waals surface area contributed by atoms with Crippen LogP contribution < -0.4 is 10.1 Å². The third kappa shape index (κ3) is 8.91. The lowest BCUT2D eigenvalue weighted by Gasteiger charge is -2.20. The van der Waals surface area contributed by atoms with E-state index in [1.165, 1.54) is 43.5 Å². The maximum absolute atomic E-state index is 12.9. The van der Waals surface area contributed by atoms with E-state index in [0.717, 1.165) is 29.4 Å². The molecule has 0 aliphatic carbocycles. The second-order valence-electron chi connectivity index (χ2n) is 10.8. The van der Waals surface area contributed by atoms with Crippen molar-refractivity contribution in [3.05, 3.63) is 60.2 Å². The Balaban J connectivity index is 1.74. The molecule has 278 valence electrons. The summed E-state index contributed by atoms with van der Waals surface area (Å²) in [5, 5.41) is 47.4. The molecule has 0 bridgehead atoms. The molecule has 0 spiro atoms. The maximum atomic E-state index is 12.9. The fourth-order valence-electron chi connectivity index (χ4n) is 4.83. The lowest BCUT2D eigenvalue weighted by atomic mass is 10.1. The van der Waals surface area contributed by atoms with Crippen molar-refractivity contribution in [1.82, 2.24) is 4.31 Å². The highest BCUT2D eigenvalue weighted by Gasteiger charge is 2.26. The van der Waals surface area contributed by atoms with Crippen LogP contribution in [0.15, 0.2) is 89.7 Å². The summed E-state index contributed by atoms with van der Waals surface area (Å²) in [6, 6.07) is 10.6. The molecule has 19 nitrogen and oxygen atoms in total. The first kappa shape index (κ1) is 39.8. The highest BCUT2D eigenvalue weighted by Crippen LogP contribution is 2.46. The van der Waals surface area contributed by atoms with Gasteiger partial charge in [-0.3, -0.25) is 13.9 Å². The summed E-state index contributed by atoms with van der Waals surface area (Å²) in [5.41, 5.74) is -0.141. The van der Waals surface area contributed by atoms with E-state index in [2.05, 4.69) is 25.8 Å². The maximum Gasteiger partial charge on any atom is 0.296 e. The predicted molar refractivity (Wildman–Crippen MR) is 185 cm³/mol. The van der Waals surface area contributed by atoms with E-state index in [-0.39, 0.29) is 57.3 Å². The number of aromatic hydroxyl groups is 1. The predicted octanol–water partition coefficient (Wildman–Crippen LogP) is 4.12. The molecule has 0 aromatic heterocycles. The molecule has 0 fully saturated rings. The molecule has 52 heavy (non-hydrogen) atoms. The quantitative estimate of drug-likeness (QED) is 0.0776. The van der Waals surface area contributed by atoms with Crippen molar-refractivity contribution >= 4 is 75.4 Å². The minimum absolute atomic E-state index is 0.00610. The number of anilines is 1. The molecule has 0 heterocycles. The summed E-state index contributed by atoms with van der Waals surface area (Å²) in [7, 11) is -12.7. The van der Waals surface area contributed by atoms with Gasteiger partial charge in [-0.2, -0.15) is 31.4 Å². The number of phenolic OH excluding ortho intramolecular Hbond substituents is 1. The standard InChI is InChI=1S/C30H32N6O13S3/c1-17-12-24(26(49-3)16-23(17)33-32-20-4-6-21(7-5-20)50(41,42)36(8-10-37)9-11-38)34-35-29-27(52(46,47)48)14-19-13-22(51(43,44)45)15-25(31-18(2)39)28(19)30(29)40/h4-7,12-16,37-38,40H,8-11H2,1-3H3,(H,31,39)(H,43,44,45)(H,46,47,48). The molecule has 6 N–H and O–H groups in total. The van der Waals surface area contributed by atoms with E-state index in [1.54, 1.807) is 6.92 Å². The number of aliphatic hydroxyl groups excluding tert-OH is 2. The van der Waals surface area contributed by atoms with Crippen LogP contribution in [0.4, 0.5) is 28.4 Å². The van der Waals surface area contributed by atoms with Crippen LogP contribution in [0, 0.1) is 6.92 Å². The zero-order chi connectivity index (χ0) is 38.6. The number of carbonyl (C=O) groups is 1. The second-order valence-corrected chi connectivity index (χ2v) is 15.6. The molecular weight excluding hydrogens is 749 g/mol. The van der Waals surface area contributed by atoms with Gasteiger partial charge in [-0.05, 0) is 66.4 Å².